The van der Waals surface area contributed by atoms with Gasteiger partial charge in [-0.15, -0.1) is 0 Å². The Morgan fingerprint density at radius 3 is 1.42 bits per heavy atom. The van der Waals surface area contributed by atoms with E-state index in [1.165, 1.54) is 83.5 Å². The summed E-state index contributed by atoms with van der Waals surface area (Å²) in [6.45, 7) is 20.9. The van der Waals surface area contributed by atoms with E-state index in [0.717, 1.165) is 59.3 Å². The lowest BCUT2D eigenvalue weighted by Crippen LogP contribution is -2.28. The van der Waals surface area contributed by atoms with Crippen LogP contribution in [0.2, 0.25) is 0 Å². The molecular formula is C62H60N2. The number of benzene rings is 6. The molecule has 0 fully saturated rings. The van der Waals surface area contributed by atoms with Crippen molar-refractivity contribution in [2.75, 3.05) is 0 Å². The molecule has 2 heterocycles. The van der Waals surface area contributed by atoms with Gasteiger partial charge in [-0.2, -0.15) is 0 Å². The van der Waals surface area contributed by atoms with E-state index in [-0.39, 0.29) is 16.2 Å². The van der Waals surface area contributed by atoms with Crippen LogP contribution in [0.1, 0.15) is 118 Å². The van der Waals surface area contributed by atoms with Crippen molar-refractivity contribution in [3.8, 4) is 67.0 Å². The predicted octanol–water partition coefficient (Wildman–Crippen LogP) is 16.4. The number of hydrogen-bond donors (Lipinski definition) is 0. The Hall–Kier alpha value is -6.38. The number of aromatic nitrogens is 2. The maximum absolute atomic E-state index is 5.25. The Morgan fingerprint density at radius 2 is 0.906 bits per heavy atom. The molecule has 2 aliphatic rings. The first-order valence-electron chi connectivity index (χ1n) is 23.6. The fraction of sp³-hybridized carbons (Fsp3) is 0.258. The van der Waals surface area contributed by atoms with Gasteiger partial charge in [0, 0.05) is 50.9 Å². The predicted molar refractivity (Wildman–Crippen MR) is 270 cm³/mol. The molecule has 318 valence electrons. The maximum Gasteiger partial charge on any atom is 0.0702 e. The molecule has 2 aliphatic carbocycles. The van der Waals surface area contributed by atoms with Crippen LogP contribution in [0, 0.1) is 13.8 Å². The Kier molecular flexibility index (Phi) is 10.2. The van der Waals surface area contributed by atoms with Gasteiger partial charge in [0.1, 0.15) is 0 Å². The summed E-state index contributed by atoms with van der Waals surface area (Å²) < 4.78 is 0. The van der Waals surface area contributed by atoms with Crippen molar-refractivity contribution in [1.82, 2.24) is 9.97 Å². The van der Waals surface area contributed by atoms with Crippen molar-refractivity contribution in [2.24, 2.45) is 0 Å². The lowest BCUT2D eigenvalue weighted by Gasteiger charge is -2.37. The molecule has 8 aromatic rings. The van der Waals surface area contributed by atoms with Crippen LogP contribution in [0.3, 0.4) is 0 Å². The van der Waals surface area contributed by atoms with Gasteiger partial charge < -0.3 is 0 Å². The molecule has 0 radical (unpaired) electrons. The smallest absolute Gasteiger partial charge is 0.0702 e. The van der Waals surface area contributed by atoms with Crippen LogP contribution in [0.4, 0.5) is 0 Å². The van der Waals surface area contributed by atoms with E-state index in [1.54, 1.807) is 0 Å². The minimum absolute atomic E-state index is 0.0642. The van der Waals surface area contributed by atoms with Gasteiger partial charge >= 0.3 is 0 Å². The van der Waals surface area contributed by atoms with Crippen LogP contribution in [0.15, 0.2) is 152 Å². The summed E-state index contributed by atoms with van der Waals surface area (Å²) in [5.41, 5.74) is 26.2. The molecule has 0 bridgehead atoms. The average Bonchev–Trinajstić information content (AvgIpc) is 3.68. The Morgan fingerprint density at radius 1 is 0.438 bits per heavy atom. The van der Waals surface area contributed by atoms with Crippen LogP contribution in [0.25, 0.3) is 67.0 Å². The number of hydrogen-bond acceptors (Lipinski definition) is 2. The SMILES string of the molecule is CCCc1ccc2c(c1)C(C)(C)c1cc(-c3ccc(-c4cccc(-c5ccc(-c6ccc7c(c6)C(C)(C)c6ccccc6-7)nc5)c4C(CC)(CC)c4cc(C)cc(C)c4)cn3)ccc1-2. The van der Waals surface area contributed by atoms with Crippen LogP contribution in [0.5, 0.6) is 0 Å². The highest BCUT2D eigenvalue weighted by Crippen LogP contribution is 2.52. The Balaban J connectivity index is 1.06. The first kappa shape index (κ1) is 41.6. The molecule has 2 nitrogen and oxygen atoms in total. The molecule has 64 heavy (non-hydrogen) atoms. The molecule has 0 unspecified atom stereocenters. The molecule has 10 rings (SSSR count). The van der Waals surface area contributed by atoms with Gasteiger partial charge in [-0.1, -0.05) is 181 Å². The van der Waals surface area contributed by atoms with Crippen molar-refractivity contribution < 1.29 is 0 Å². The number of fused-ring (bicyclic) bond motifs is 6. The fourth-order valence-electron chi connectivity index (χ4n) is 11.7. The summed E-state index contributed by atoms with van der Waals surface area (Å²) in [6.07, 6.45) is 8.38. The van der Waals surface area contributed by atoms with Crippen molar-refractivity contribution in [3.05, 3.63) is 202 Å². The molecule has 0 saturated carbocycles. The fourth-order valence-corrected chi connectivity index (χ4v) is 11.7. The molecule has 0 spiro atoms. The standard InChI is InChI=1S/C62H60N2/c1-10-16-41-21-26-50-52-28-23-43(36-56(52)61(8,9)54(50)34-41)58-30-25-45(38-64-58)48-19-15-18-47(59(48)62(11-2,12-3)46-32-39(4)31-40(5)33-46)44-24-29-57(63-37-44)42-22-27-51-49-17-13-14-20-53(49)60(6,7)55(51)35-42/h13-15,17-38H,10-12,16H2,1-9H3. The summed E-state index contributed by atoms with van der Waals surface area (Å²) in [5.74, 6) is 0. The number of nitrogens with zero attached hydrogens (tertiary/aromatic N) is 2. The third-order valence-electron chi connectivity index (χ3n) is 15.1. The van der Waals surface area contributed by atoms with Crippen molar-refractivity contribution in [3.63, 3.8) is 0 Å². The zero-order valence-corrected chi connectivity index (χ0v) is 39.2. The van der Waals surface area contributed by atoms with Gasteiger partial charge in [0.2, 0.25) is 0 Å². The number of rotatable bonds is 10. The lowest BCUT2D eigenvalue weighted by atomic mass is 9.66. The minimum Gasteiger partial charge on any atom is -0.256 e. The van der Waals surface area contributed by atoms with Crippen LogP contribution >= 0.6 is 0 Å². The van der Waals surface area contributed by atoms with Crippen molar-refractivity contribution >= 4 is 0 Å². The van der Waals surface area contributed by atoms with Gasteiger partial charge in [0.25, 0.3) is 0 Å². The van der Waals surface area contributed by atoms with Crippen molar-refractivity contribution in [2.45, 2.75) is 104 Å². The lowest BCUT2D eigenvalue weighted by molar-refractivity contribution is 0.480. The maximum atomic E-state index is 5.25. The van der Waals surface area contributed by atoms with Gasteiger partial charge in [-0.3, -0.25) is 9.97 Å². The van der Waals surface area contributed by atoms with E-state index in [0.29, 0.717) is 0 Å². The highest BCUT2D eigenvalue weighted by atomic mass is 14.7. The van der Waals surface area contributed by atoms with Gasteiger partial charge in [-0.05, 0) is 130 Å². The van der Waals surface area contributed by atoms with Crippen molar-refractivity contribution in [1.29, 1.82) is 0 Å². The normalized spacial score (nSPS) is 14.2. The van der Waals surface area contributed by atoms with E-state index in [4.69, 9.17) is 9.97 Å². The van der Waals surface area contributed by atoms with E-state index in [9.17, 15) is 0 Å². The van der Waals surface area contributed by atoms with E-state index >= 15 is 0 Å². The second-order valence-corrected chi connectivity index (χ2v) is 19.7. The summed E-state index contributed by atoms with van der Waals surface area (Å²) >= 11 is 0. The van der Waals surface area contributed by atoms with Crippen LogP contribution in [-0.2, 0) is 22.7 Å². The van der Waals surface area contributed by atoms with E-state index < -0.39 is 0 Å². The summed E-state index contributed by atoms with van der Waals surface area (Å²) in [7, 11) is 0. The average molecular weight is 833 g/mol. The minimum atomic E-state index is -0.252. The van der Waals surface area contributed by atoms with E-state index in [2.05, 4.69) is 214 Å². The highest BCUT2D eigenvalue weighted by Gasteiger charge is 2.38. The zero-order chi connectivity index (χ0) is 44.5. The first-order valence-corrected chi connectivity index (χ1v) is 23.6. The van der Waals surface area contributed by atoms with Gasteiger partial charge in [0.15, 0.2) is 0 Å². The Bertz CT molecular complexity index is 3060. The third-order valence-corrected chi connectivity index (χ3v) is 15.1. The number of pyridine rings is 2. The summed E-state index contributed by atoms with van der Waals surface area (Å²) in [5, 5.41) is 0. The molecule has 6 aromatic carbocycles. The van der Waals surface area contributed by atoms with Gasteiger partial charge in [-0.25, -0.2) is 0 Å². The largest absolute Gasteiger partial charge is 0.256 e. The Labute approximate surface area is 381 Å². The second-order valence-electron chi connectivity index (χ2n) is 19.7. The van der Waals surface area contributed by atoms with E-state index in [1.807, 2.05) is 0 Å². The number of aryl methyl sites for hydroxylation is 3. The van der Waals surface area contributed by atoms with Gasteiger partial charge in [0.05, 0.1) is 11.4 Å². The highest BCUT2D eigenvalue weighted by molar-refractivity contribution is 5.86. The monoisotopic (exact) mass is 832 g/mol. The molecule has 0 amide bonds. The summed E-state index contributed by atoms with van der Waals surface area (Å²) in [4.78, 5) is 10.5. The topological polar surface area (TPSA) is 25.8 Å². The molecule has 0 saturated heterocycles. The van der Waals surface area contributed by atoms with Crippen LogP contribution < -0.4 is 0 Å². The van der Waals surface area contributed by atoms with Crippen LogP contribution in [-0.4, -0.2) is 9.97 Å². The zero-order valence-electron chi connectivity index (χ0n) is 39.2. The quantitative estimate of drug-likeness (QED) is 0.137. The summed E-state index contributed by atoms with van der Waals surface area (Å²) in [6, 6.07) is 52.8. The molecule has 2 aromatic heterocycles. The molecule has 0 atom stereocenters. The third kappa shape index (κ3) is 6.60. The molecule has 0 aliphatic heterocycles. The second kappa shape index (κ2) is 15.7. The molecular weight excluding hydrogens is 773 g/mol. The molecule has 2 heteroatoms. The first-order chi connectivity index (χ1) is 30.9. The molecule has 0 N–H and O–H groups in total.